The van der Waals surface area contributed by atoms with Crippen LogP contribution in [0.1, 0.15) is 0 Å². The van der Waals surface area contributed by atoms with E-state index in [0.717, 1.165) is 0 Å². The second-order valence-electron chi connectivity index (χ2n) is 1.48. The van der Waals surface area contributed by atoms with Crippen molar-refractivity contribution in [3.05, 3.63) is 0 Å². The van der Waals surface area contributed by atoms with Crippen LogP contribution in [0, 0.1) is 0 Å². The molecular weight excluding hydrogens is 146 g/mol. The fraction of sp³-hybridized carbons (Fsp3) is 0.500. The number of amides is 2. The molecule has 0 fully saturated rings. The van der Waals surface area contributed by atoms with Gasteiger partial charge >= 0.3 is 6.43 Å². The summed E-state index contributed by atoms with van der Waals surface area (Å²) < 4.78 is 22.6. The van der Waals surface area contributed by atoms with Gasteiger partial charge in [-0.15, -0.1) is 0 Å². The molecule has 0 aliphatic heterocycles. The molecule has 2 amide bonds. The molecule has 10 heavy (non-hydrogen) atoms. The SMILES string of the molecule is NC(=O)CNC(=O)C(F)F. The molecule has 0 heterocycles. The van der Waals surface area contributed by atoms with Gasteiger partial charge in [0.1, 0.15) is 0 Å². The van der Waals surface area contributed by atoms with Crippen molar-refractivity contribution < 1.29 is 18.4 Å². The Balaban J connectivity index is 3.50. The predicted octanol–water partition coefficient (Wildman–Crippen LogP) is -1.15. The molecule has 0 aromatic rings. The molecule has 0 spiro atoms. The highest BCUT2D eigenvalue weighted by atomic mass is 19.3. The highest BCUT2D eigenvalue weighted by Crippen LogP contribution is 1.89. The summed E-state index contributed by atoms with van der Waals surface area (Å²) in [6.45, 7) is -0.552. The molecule has 0 unspecified atom stereocenters. The maximum absolute atomic E-state index is 11.3. The molecule has 0 saturated carbocycles. The minimum atomic E-state index is -3.10. The van der Waals surface area contributed by atoms with E-state index in [4.69, 9.17) is 0 Å². The molecule has 0 rings (SSSR count). The molecule has 0 aliphatic carbocycles. The first kappa shape index (κ1) is 8.80. The first-order chi connectivity index (χ1) is 4.54. The topological polar surface area (TPSA) is 72.2 Å². The molecule has 0 radical (unpaired) electrons. The molecule has 3 N–H and O–H groups in total. The van der Waals surface area contributed by atoms with E-state index in [1.54, 1.807) is 5.32 Å². The molecule has 0 bridgehead atoms. The number of nitrogens with one attached hydrogen (secondary N) is 1. The van der Waals surface area contributed by atoms with E-state index < -0.39 is 24.8 Å². The van der Waals surface area contributed by atoms with Crippen LogP contribution in [0.2, 0.25) is 0 Å². The standard InChI is InChI=1S/C4H6F2N2O2/c5-3(6)4(10)8-1-2(7)9/h3H,1H2,(H2,7,9)(H,8,10). The van der Waals surface area contributed by atoms with E-state index in [2.05, 4.69) is 5.73 Å². The molecule has 0 aliphatic rings. The van der Waals surface area contributed by atoms with Crippen molar-refractivity contribution in [2.45, 2.75) is 6.43 Å². The van der Waals surface area contributed by atoms with Gasteiger partial charge in [-0.05, 0) is 0 Å². The van der Waals surface area contributed by atoms with Crippen LogP contribution in [-0.2, 0) is 9.59 Å². The lowest BCUT2D eigenvalue weighted by molar-refractivity contribution is -0.133. The number of carbonyl (C=O) groups excluding carboxylic acids is 2. The Hall–Kier alpha value is -1.20. The van der Waals surface area contributed by atoms with Gasteiger partial charge in [-0.2, -0.15) is 8.78 Å². The van der Waals surface area contributed by atoms with Gasteiger partial charge < -0.3 is 11.1 Å². The van der Waals surface area contributed by atoms with Crippen molar-refractivity contribution in [3.63, 3.8) is 0 Å². The summed E-state index contributed by atoms with van der Waals surface area (Å²) in [5.41, 5.74) is 4.54. The van der Waals surface area contributed by atoms with Gasteiger partial charge in [-0.3, -0.25) is 9.59 Å². The lowest BCUT2D eigenvalue weighted by atomic mass is 10.5. The molecule has 6 heteroatoms. The van der Waals surface area contributed by atoms with E-state index in [-0.39, 0.29) is 0 Å². The second kappa shape index (κ2) is 3.76. The number of nitrogens with two attached hydrogens (primary N) is 1. The predicted molar refractivity (Wildman–Crippen MR) is 28.2 cm³/mol. The fourth-order valence-corrected chi connectivity index (χ4v) is 0.251. The highest BCUT2D eigenvalue weighted by Gasteiger charge is 2.14. The maximum Gasteiger partial charge on any atom is 0.315 e. The van der Waals surface area contributed by atoms with E-state index >= 15 is 0 Å². The van der Waals surface area contributed by atoms with Crippen LogP contribution >= 0.6 is 0 Å². The van der Waals surface area contributed by atoms with Crippen LogP contribution in [0.15, 0.2) is 0 Å². The van der Waals surface area contributed by atoms with Crippen LogP contribution in [0.5, 0.6) is 0 Å². The van der Waals surface area contributed by atoms with Crippen molar-refractivity contribution in [1.82, 2.24) is 5.32 Å². The number of hydrogen-bond acceptors (Lipinski definition) is 2. The number of primary amides is 1. The lowest BCUT2D eigenvalue weighted by Crippen LogP contribution is -2.36. The Morgan fingerprint density at radius 2 is 2.00 bits per heavy atom. The van der Waals surface area contributed by atoms with Gasteiger partial charge in [0.15, 0.2) is 0 Å². The average molecular weight is 152 g/mol. The van der Waals surface area contributed by atoms with Crippen LogP contribution in [0.4, 0.5) is 8.78 Å². The fourth-order valence-electron chi connectivity index (χ4n) is 0.251. The van der Waals surface area contributed by atoms with Crippen molar-refractivity contribution in [2.24, 2.45) is 5.73 Å². The Bertz CT molecular complexity index is 148. The zero-order valence-corrected chi connectivity index (χ0v) is 4.93. The van der Waals surface area contributed by atoms with Gasteiger partial charge in [0.05, 0.1) is 6.54 Å². The lowest BCUT2D eigenvalue weighted by Gasteiger charge is -1.98. The molecule has 0 atom stereocenters. The monoisotopic (exact) mass is 152 g/mol. The summed E-state index contributed by atoms with van der Waals surface area (Å²) in [4.78, 5) is 19.9. The van der Waals surface area contributed by atoms with E-state index in [1.165, 1.54) is 0 Å². The van der Waals surface area contributed by atoms with Crippen molar-refractivity contribution in [3.8, 4) is 0 Å². The summed E-state index contributed by atoms with van der Waals surface area (Å²) in [7, 11) is 0. The molecule has 0 aromatic heterocycles. The average Bonchev–Trinajstić information content (AvgIpc) is 1.82. The maximum atomic E-state index is 11.3. The van der Waals surface area contributed by atoms with Crippen molar-refractivity contribution in [1.29, 1.82) is 0 Å². The smallest absolute Gasteiger partial charge is 0.315 e. The number of halogens is 2. The highest BCUT2D eigenvalue weighted by molar-refractivity contribution is 5.85. The van der Waals surface area contributed by atoms with E-state index in [0.29, 0.717) is 0 Å². The van der Waals surface area contributed by atoms with Crippen LogP contribution in [-0.4, -0.2) is 24.8 Å². The Morgan fingerprint density at radius 3 is 2.30 bits per heavy atom. The van der Waals surface area contributed by atoms with Crippen LogP contribution in [0.25, 0.3) is 0 Å². The van der Waals surface area contributed by atoms with E-state index in [9.17, 15) is 18.4 Å². The summed E-state index contributed by atoms with van der Waals surface area (Å²) in [6.07, 6.45) is -3.10. The summed E-state index contributed by atoms with van der Waals surface area (Å²) in [5.74, 6) is -2.34. The van der Waals surface area contributed by atoms with Gasteiger partial charge in [0.25, 0.3) is 5.91 Å². The van der Waals surface area contributed by atoms with Gasteiger partial charge in [-0.25, -0.2) is 0 Å². The molecular formula is C4H6F2N2O2. The zero-order chi connectivity index (χ0) is 8.15. The minimum absolute atomic E-state index is 0.552. The van der Waals surface area contributed by atoms with Gasteiger partial charge in [-0.1, -0.05) is 0 Å². The Morgan fingerprint density at radius 1 is 1.50 bits per heavy atom. The zero-order valence-electron chi connectivity index (χ0n) is 4.93. The van der Waals surface area contributed by atoms with Gasteiger partial charge in [0, 0.05) is 0 Å². The molecule has 58 valence electrons. The molecule has 0 saturated heterocycles. The second-order valence-corrected chi connectivity index (χ2v) is 1.48. The molecule has 0 aromatic carbocycles. The number of hydrogen-bond donors (Lipinski definition) is 2. The Kier molecular flexibility index (Phi) is 3.30. The third-order valence-electron chi connectivity index (χ3n) is 0.635. The largest absolute Gasteiger partial charge is 0.368 e. The summed E-state index contributed by atoms with van der Waals surface area (Å²) in [6, 6.07) is 0. The third-order valence-corrected chi connectivity index (χ3v) is 0.635. The normalized spacial score (nSPS) is 9.50. The first-order valence-electron chi connectivity index (χ1n) is 2.38. The number of alkyl halides is 2. The molecule has 4 nitrogen and oxygen atoms in total. The number of carbonyl (C=O) groups is 2. The van der Waals surface area contributed by atoms with Crippen molar-refractivity contribution in [2.75, 3.05) is 6.54 Å². The third kappa shape index (κ3) is 3.76. The van der Waals surface area contributed by atoms with E-state index in [1.807, 2.05) is 0 Å². The van der Waals surface area contributed by atoms with Crippen LogP contribution in [0.3, 0.4) is 0 Å². The Labute approximate surface area is 55.4 Å². The van der Waals surface area contributed by atoms with Crippen molar-refractivity contribution >= 4 is 11.8 Å². The minimum Gasteiger partial charge on any atom is -0.368 e. The summed E-state index contributed by atoms with van der Waals surface area (Å²) >= 11 is 0. The van der Waals surface area contributed by atoms with Crippen LogP contribution < -0.4 is 11.1 Å². The summed E-state index contributed by atoms with van der Waals surface area (Å²) in [5, 5.41) is 1.62. The first-order valence-corrected chi connectivity index (χ1v) is 2.38. The number of rotatable bonds is 3. The van der Waals surface area contributed by atoms with Gasteiger partial charge in [0.2, 0.25) is 5.91 Å². The quantitative estimate of drug-likeness (QED) is 0.536.